The van der Waals surface area contributed by atoms with Crippen molar-refractivity contribution in [2.24, 2.45) is 0 Å². The van der Waals surface area contributed by atoms with E-state index in [-0.39, 0.29) is 23.9 Å². The van der Waals surface area contributed by atoms with Gasteiger partial charge in [0.1, 0.15) is 6.17 Å². The lowest BCUT2D eigenvalue weighted by molar-refractivity contribution is 0.333. The van der Waals surface area contributed by atoms with Crippen LogP contribution in [-0.2, 0) is 9.84 Å². The van der Waals surface area contributed by atoms with Crippen molar-refractivity contribution in [2.75, 3.05) is 18.1 Å². The lowest BCUT2D eigenvalue weighted by Gasteiger charge is -2.20. The molecule has 1 spiro atoms. The van der Waals surface area contributed by atoms with Gasteiger partial charge in [-0.05, 0) is 12.8 Å². The van der Waals surface area contributed by atoms with Crippen molar-refractivity contribution in [1.29, 1.82) is 0 Å². The molecular formula is C7H13ClFNO2S. The Hall–Kier alpha value is 0.130. The van der Waals surface area contributed by atoms with Crippen LogP contribution in [0.3, 0.4) is 0 Å². The smallest absolute Gasteiger partial charge is 0.152 e. The third-order valence-corrected chi connectivity index (χ3v) is 4.52. The van der Waals surface area contributed by atoms with Gasteiger partial charge in [0.05, 0.1) is 11.5 Å². The predicted molar refractivity (Wildman–Crippen MR) is 50.8 cm³/mol. The zero-order chi connectivity index (χ0) is 8.82. The molecule has 0 radical (unpaired) electrons. The van der Waals surface area contributed by atoms with Gasteiger partial charge in [0.25, 0.3) is 0 Å². The van der Waals surface area contributed by atoms with Crippen molar-refractivity contribution < 1.29 is 12.8 Å². The molecule has 2 saturated heterocycles. The van der Waals surface area contributed by atoms with Crippen LogP contribution >= 0.6 is 12.4 Å². The maximum absolute atomic E-state index is 12.8. The number of halogens is 2. The van der Waals surface area contributed by atoms with Crippen molar-refractivity contribution in [2.45, 2.75) is 24.6 Å². The van der Waals surface area contributed by atoms with Crippen LogP contribution in [0.1, 0.15) is 12.8 Å². The van der Waals surface area contributed by atoms with Gasteiger partial charge < -0.3 is 5.32 Å². The normalized spacial score (nSPS) is 42.1. The highest BCUT2D eigenvalue weighted by Gasteiger charge is 2.47. The molecule has 6 heteroatoms. The first-order chi connectivity index (χ1) is 5.52. The molecule has 0 amide bonds. The van der Waals surface area contributed by atoms with E-state index < -0.39 is 21.5 Å². The van der Waals surface area contributed by atoms with E-state index >= 15 is 0 Å². The van der Waals surface area contributed by atoms with Crippen molar-refractivity contribution in [3.05, 3.63) is 0 Å². The topological polar surface area (TPSA) is 46.2 Å². The molecule has 2 unspecified atom stereocenters. The van der Waals surface area contributed by atoms with Crippen LogP contribution in [-0.4, -0.2) is 38.2 Å². The Balaban J connectivity index is 0.000000845. The zero-order valence-corrected chi connectivity index (χ0v) is 8.76. The molecular weight excluding hydrogens is 217 g/mol. The van der Waals surface area contributed by atoms with Crippen molar-refractivity contribution in [3.63, 3.8) is 0 Å². The minimum Gasteiger partial charge on any atom is -0.307 e. The summed E-state index contributed by atoms with van der Waals surface area (Å²) in [6.45, 7) is 0.315. The van der Waals surface area contributed by atoms with Gasteiger partial charge in [0.2, 0.25) is 0 Å². The van der Waals surface area contributed by atoms with Gasteiger partial charge in [-0.1, -0.05) is 0 Å². The molecule has 0 aromatic carbocycles. The highest BCUT2D eigenvalue weighted by Crippen LogP contribution is 2.32. The Morgan fingerprint density at radius 3 is 2.54 bits per heavy atom. The SMILES string of the molecule is Cl.O=S1(=O)CCC2(CC(F)CN2)C1. The van der Waals surface area contributed by atoms with E-state index in [0.717, 1.165) is 0 Å². The van der Waals surface area contributed by atoms with Gasteiger partial charge in [-0.3, -0.25) is 0 Å². The predicted octanol–water partition coefficient (Wildman–Crippen LogP) is 0.297. The molecule has 0 aromatic rings. The summed E-state index contributed by atoms with van der Waals surface area (Å²) in [6.07, 6.45) is 0.0837. The fourth-order valence-corrected chi connectivity index (χ4v) is 4.16. The van der Waals surface area contributed by atoms with E-state index in [2.05, 4.69) is 5.32 Å². The van der Waals surface area contributed by atoms with Crippen molar-refractivity contribution >= 4 is 22.2 Å². The summed E-state index contributed by atoms with van der Waals surface area (Å²) >= 11 is 0. The number of alkyl halides is 1. The lowest BCUT2D eigenvalue weighted by atomic mass is 9.97. The molecule has 2 atom stereocenters. The Morgan fingerprint density at radius 2 is 2.15 bits per heavy atom. The first-order valence-electron chi connectivity index (χ1n) is 4.11. The summed E-state index contributed by atoms with van der Waals surface area (Å²) in [7, 11) is -2.89. The second kappa shape index (κ2) is 3.37. The molecule has 0 aliphatic carbocycles. The number of hydrogen-bond donors (Lipinski definition) is 1. The maximum Gasteiger partial charge on any atom is 0.152 e. The molecule has 3 nitrogen and oxygen atoms in total. The summed E-state index contributed by atoms with van der Waals surface area (Å²) in [6, 6.07) is 0. The molecule has 2 fully saturated rings. The quantitative estimate of drug-likeness (QED) is 0.650. The molecule has 2 aliphatic rings. The largest absolute Gasteiger partial charge is 0.307 e. The highest BCUT2D eigenvalue weighted by molar-refractivity contribution is 7.91. The third-order valence-electron chi connectivity index (χ3n) is 2.70. The fraction of sp³-hybridized carbons (Fsp3) is 1.00. The standard InChI is InChI=1S/C7H12FNO2S.ClH/c8-6-3-7(9-4-6)1-2-12(10,11)5-7;/h6,9H,1-5H2;1H. The van der Waals surface area contributed by atoms with Crippen LogP contribution in [0.2, 0.25) is 0 Å². The van der Waals surface area contributed by atoms with Gasteiger partial charge in [-0.15, -0.1) is 12.4 Å². The minimum atomic E-state index is -2.89. The maximum atomic E-state index is 12.8. The van der Waals surface area contributed by atoms with E-state index in [9.17, 15) is 12.8 Å². The van der Waals surface area contributed by atoms with Gasteiger partial charge >= 0.3 is 0 Å². The van der Waals surface area contributed by atoms with Gasteiger partial charge in [0, 0.05) is 12.1 Å². The van der Waals surface area contributed by atoms with Crippen LogP contribution < -0.4 is 5.32 Å². The first-order valence-corrected chi connectivity index (χ1v) is 5.93. The molecule has 2 heterocycles. The number of nitrogens with one attached hydrogen (secondary N) is 1. The Kier molecular flexibility index (Phi) is 2.90. The summed E-state index contributed by atoms with van der Waals surface area (Å²) in [5.41, 5.74) is -0.418. The Labute approximate surface area is 83.4 Å². The van der Waals surface area contributed by atoms with E-state index in [1.54, 1.807) is 0 Å². The molecule has 78 valence electrons. The summed E-state index contributed by atoms with van der Waals surface area (Å²) in [5.74, 6) is 0.340. The summed E-state index contributed by atoms with van der Waals surface area (Å²) in [4.78, 5) is 0. The molecule has 2 aliphatic heterocycles. The number of sulfone groups is 1. The molecule has 0 aromatic heterocycles. The average molecular weight is 230 g/mol. The lowest BCUT2D eigenvalue weighted by Crippen LogP contribution is -2.40. The minimum absolute atomic E-state index is 0. The van der Waals surface area contributed by atoms with E-state index in [0.29, 0.717) is 19.4 Å². The van der Waals surface area contributed by atoms with Gasteiger partial charge in [-0.2, -0.15) is 0 Å². The second-order valence-corrected chi connectivity index (χ2v) is 5.99. The van der Waals surface area contributed by atoms with E-state index in [1.807, 2.05) is 0 Å². The Morgan fingerprint density at radius 1 is 1.46 bits per heavy atom. The third kappa shape index (κ3) is 2.14. The van der Waals surface area contributed by atoms with E-state index in [1.165, 1.54) is 0 Å². The van der Waals surface area contributed by atoms with Crippen LogP contribution in [0.15, 0.2) is 0 Å². The van der Waals surface area contributed by atoms with Crippen molar-refractivity contribution in [3.8, 4) is 0 Å². The van der Waals surface area contributed by atoms with Crippen LogP contribution in [0.4, 0.5) is 4.39 Å². The summed E-state index contributed by atoms with van der Waals surface area (Å²) in [5, 5.41) is 2.98. The van der Waals surface area contributed by atoms with Crippen LogP contribution in [0.25, 0.3) is 0 Å². The first kappa shape index (κ1) is 11.2. The van der Waals surface area contributed by atoms with Crippen molar-refractivity contribution in [1.82, 2.24) is 5.32 Å². The fourth-order valence-electron chi connectivity index (χ4n) is 2.11. The van der Waals surface area contributed by atoms with Crippen LogP contribution in [0, 0.1) is 0 Å². The number of hydrogen-bond acceptors (Lipinski definition) is 3. The van der Waals surface area contributed by atoms with E-state index in [4.69, 9.17) is 0 Å². The second-order valence-electron chi connectivity index (χ2n) is 3.80. The van der Waals surface area contributed by atoms with Gasteiger partial charge in [-0.25, -0.2) is 12.8 Å². The van der Waals surface area contributed by atoms with Crippen LogP contribution in [0.5, 0.6) is 0 Å². The molecule has 13 heavy (non-hydrogen) atoms. The summed E-state index contributed by atoms with van der Waals surface area (Å²) < 4.78 is 35.1. The Bertz CT molecular complexity index is 295. The molecule has 2 rings (SSSR count). The molecule has 1 N–H and O–H groups in total. The zero-order valence-electron chi connectivity index (χ0n) is 7.12. The molecule has 0 saturated carbocycles. The highest BCUT2D eigenvalue weighted by atomic mass is 35.5. The number of rotatable bonds is 0. The average Bonchev–Trinajstić information content (AvgIpc) is 2.41. The molecule has 0 bridgehead atoms. The monoisotopic (exact) mass is 229 g/mol. The van der Waals surface area contributed by atoms with Gasteiger partial charge in [0.15, 0.2) is 9.84 Å².